The van der Waals surface area contributed by atoms with Gasteiger partial charge in [-0.25, -0.2) is 9.78 Å². The first-order chi connectivity index (χ1) is 11.5. The van der Waals surface area contributed by atoms with Gasteiger partial charge in [0.2, 0.25) is 0 Å². The quantitative estimate of drug-likeness (QED) is 0.562. The number of phenols is 1. The maximum Gasteiger partial charge on any atom is 0.340 e. The van der Waals surface area contributed by atoms with Gasteiger partial charge in [0.1, 0.15) is 12.1 Å². The normalized spacial score (nSPS) is 10.8. The summed E-state index contributed by atoms with van der Waals surface area (Å²) < 4.78 is 6.64. The van der Waals surface area contributed by atoms with Crippen LogP contribution in [0.4, 0.5) is 0 Å². The van der Waals surface area contributed by atoms with Crippen LogP contribution in [0.15, 0.2) is 51.4 Å². The molecule has 0 radical (unpaired) electrons. The second kappa shape index (κ2) is 6.91. The number of aromatic nitrogens is 1. The predicted molar refractivity (Wildman–Crippen MR) is 99.1 cm³/mol. The summed E-state index contributed by atoms with van der Waals surface area (Å²) in [6, 6.07) is 12.9. The molecular weight excluding hydrogens is 438 g/mol. The monoisotopic (exact) mass is 449 g/mol. The van der Waals surface area contributed by atoms with Crippen LogP contribution in [0.1, 0.15) is 21.6 Å². The molecule has 0 unspecified atom stereocenters. The van der Waals surface area contributed by atoms with Crippen molar-refractivity contribution in [1.29, 1.82) is 0 Å². The molecule has 3 aromatic rings. The van der Waals surface area contributed by atoms with Gasteiger partial charge < -0.3 is 9.84 Å². The molecule has 0 saturated carbocycles. The van der Waals surface area contributed by atoms with Crippen molar-refractivity contribution in [2.24, 2.45) is 0 Å². The minimum absolute atomic E-state index is 0.0421. The van der Waals surface area contributed by atoms with Crippen molar-refractivity contribution in [3.05, 3.63) is 68.2 Å². The maximum atomic E-state index is 12.4. The van der Waals surface area contributed by atoms with E-state index < -0.39 is 5.97 Å². The number of aromatic hydroxyl groups is 1. The third kappa shape index (κ3) is 3.30. The van der Waals surface area contributed by atoms with Gasteiger partial charge in [0.15, 0.2) is 5.75 Å². The average Bonchev–Trinajstić information content (AvgIpc) is 2.58. The van der Waals surface area contributed by atoms with Gasteiger partial charge in [-0.05, 0) is 40.5 Å². The lowest BCUT2D eigenvalue weighted by molar-refractivity contribution is 0.0471. The van der Waals surface area contributed by atoms with Crippen LogP contribution in [0, 0.1) is 6.92 Å². The molecule has 0 aliphatic rings. The second-order valence-electron chi connectivity index (χ2n) is 5.27. The summed E-state index contributed by atoms with van der Waals surface area (Å²) in [5.41, 5.74) is 2.22. The first-order valence-electron chi connectivity index (χ1n) is 7.16. The molecule has 0 aliphatic heterocycles. The van der Waals surface area contributed by atoms with Crippen molar-refractivity contribution in [3.63, 3.8) is 0 Å². The summed E-state index contributed by atoms with van der Waals surface area (Å²) in [7, 11) is 0. The summed E-state index contributed by atoms with van der Waals surface area (Å²) in [5, 5.41) is 10.8. The fourth-order valence-electron chi connectivity index (χ4n) is 2.35. The summed E-state index contributed by atoms with van der Waals surface area (Å²) in [6.45, 7) is 1.91. The molecular formula is C18H13Br2NO3. The van der Waals surface area contributed by atoms with E-state index in [-0.39, 0.29) is 12.4 Å². The average molecular weight is 451 g/mol. The highest BCUT2D eigenvalue weighted by Gasteiger charge is 2.17. The fourth-order valence-corrected chi connectivity index (χ4v) is 3.60. The number of rotatable bonds is 3. The highest BCUT2D eigenvalue weighted by molar-refractivity contribution is 9.11. The SMILES string of the molecule is Cc1nc2c(O)c(Br)cc(Br)c2cc1C(=O)OCc1ccccc1. The topological polar surface area (TPSA) is 59.4 Å². The number of phenolic OH excluding ortho intramolecular Hbond substituents is 1. The lowest BCUT2D eigenvalue weighted by atomic mass is 10.1. The zero-order valence-electron chi connectivity index (χ0n) is 12.7. The van der Waals surface area contributed by atoms with E-state index in [4.69, 9.17) is 4.74 Å². The molecule has 3 rings (SSSR count). The maximum absolute atomic E-state index is 12.4. The van der Waals surface area contributed by atoms with E-state index >= 15 is 0 Å². The highest BCUT2D eigenvalue weighted by Crippen LogP contribution is 2.37. The molecule has 0 atom stereocenters. The Morgan fingerprint density at radius 1 is 1.17 bits per heavy atom. The fraction of sp³-hybridized carbons (Fsp3) is 0.111. The summed E-state index contributed by atoms with van der Waals surface area (Å²) >= 11 is 6.71. The number of ether oxygens (including phenoxy) is 1. The van der Waals surface area contributed by atoms with Gasteiger partial charge in [0.25, 0.3) is 0 Å². The minimum Gasteiger partial charge on any atom is -0.505 e. The molecule has 0 spiro atoms. The van der Waals surface area contributed by atoms with Crippen molar-refractivity contribution < 1.29 is 14.6 Å². The van der Waals surface area contributed by atoms with Crippen molar-refractivity contribution in [1.82, 2.24) is 4.98 Å². The smallest absolute Gasteiger partial charge is 0.340 e. The Balaban J connectivity index is 1.94. The lowest BCUT2D eigenvalue weighted by Crippen LogP contribution is -2.08. The van der Waals surface area contributed by atoms with Gasteiger partial charge in [-0.3, -0.25) is 0 Å². The van der Waals surface area contributed by atoms with Gasteiger partial charge in [0, 0.05) is 9.86 Å². The zero-order valence-corrected chi connectivity index (χ0v) is 15.9. The van der Waals surface area contributed by atoms with Gasteiger partial charge in [-0.2, -0.15) is 0 Å². The van der Waals surface area contributed by atoms with Crippen LogP contribution in [0.2, 0.25) is 0 Å². The lowest BCUT2D eigenvalue weighted by Gasteiger charge is -2.11. The van der Waals surface area contributed by atoms with Crippen LogP contribution < -0.4 is 0 Å². The number of halogens is 2. The molecule has 2 aromatic carbocycles. The third-order valence-corrected chi connectivity index (χ3v) is 4.87. The van der Waals surface area contributed by atoms with E-state index in [2.05, 4.69) is 36.8 Å². The summed E-state index contributed by atoms with van der Waals surface area (Å²) in [5.74, 6) is -0.402. The number of nitrogens with zero attached hydrogens (tertiary/aromatic N) is 1. The molecule has 1 N–H and O–H groups in total. The first-order valence-corrected chi connectivity index (χ1v) is 8.75. The van der Waals surface area contributed by atoms with Gasteiger partial charge >= 0.3 is 5.97 Å². The largest absolute Gasteiger partial charge is 0.505 e. The van der Waals surface area contributed by atoms with E-state index in [1.54, 1.807) is 19.1 Å². The molecule has 0 aliphatic carbocycles. The van der Waals surface area contributed by atoms with Crippen LogP contribution in [0.25, 0.3) is 10.9 Å². The summed E-state index contributed by atoms with van der Waals surface area (Å²) in [4.78, 5) is 16.8. The Hall–Kier alpha value is -1.92. The van der Waals surface area contributed by atoms with Crippen molar-refractivity contribution >= 4 is 48.7 Å². The molecule has 6 heteroatoms. The van der Waals surface area contributed by atoms with E-state index in [1.807, 2.05) is 30.3 Å². The van der Waals surface area contributed by atoms with Crippen molar-refractivity contribution in [2.45, 2.75) is 13.5 Å². The molecule has 0 fully saturated rings. The molecule has 0 amide bonds. The minimum atomic E-state index is -0.444. The number of benzene rings is 2. The van der Waals surface area contributed by atoms with Crippen LogP contribution in [-0.4, -0.2) is 16.1 Å². The number of esters is 1. The Labute approximate surface area is 155 Å². The van der Waals surface area contributed by atoms with Crippen LogP contribution >= 0.6 is 31.9 Å². The van der Waals surface area contributed by atoms with E-state index in [0.717, 1.165) is 10.0 Å². The molecule has 0 bridgehead atoms. The molecule has 1 aromatic heterocycles. The van der Waals surface area contributed by atoms with Crippen LogP contribution in [-0.2, 0) is 11.3 Å². The highest BCUT2D eigenvalue weighted by atomic mass is 79.9. The van der Waals surface area contributed by atoms with E-state index in [1.165, 1.54) is 0 Å². The van der Waals surface area contributed by atoms with Crippen molar-refractivity contribution in [2.75, 3.05) is 0 Å². The third-order valence-electron chi connectivity index (χ3n) is 3.61. The van der Waals surface area contributed by atoms with Crippen molar-refractivity contribution in [3.8, 4) is 5.75 Å². The number of hydrogen-bond donors (Lipinski definition) is 1. The van der Waals surface area contributed by atoms with Gasteiger partial charge in [0.05, 0.1) is 15.7 Å². The molecule has 0 saturated heterocycles. The number of carbonyl (C=O) groups is 1. The Bertz CT molecular complexity index is 927. The number of pyridine rings is 1. The van der Waals surface area contributed by atoms with Crippen LogP contribution in [0.5, 0.6) is 5.75 Å². The van der Waals surface area contributed by atoms with E-state index in [0.29, 0.717) is 26.6 Å². The number of carbonyl (C=O) groups excluding carboxylic acids is 1. The summed E-state index contributed by atoms with van der Waals surface area (Å²) in [6.07, 6.45) is 0. The molecule has 122 valence electrons. The zero-order chi connectivity index (χ0) is 17.3. The number of aryl methyl sites for hydroxylation is 1. The van der Waals surface area contributed by atoms with Crippen LogP contribution in [0.3, 0.4) is 0 Å². The molecule has 1 heterocycles. The Morgan fingerprint density at radius 3 is 2.58 bits per heavy atom. The molecule has 4 nitrogen and oxygen atoms in total. The second-order valence-corrected chi connectivity index (χ2v) is 6.98. The van der Waals surface area contributed by atoms with Gasteiger partial charge in [-0.1, -0.05) is 46.3 Å². The number of hydrogen-bond acceptors (Lipinski definition) is 4. The predicted octanol–water partition coefficient (Wildman–Crippen LogP) is 5.13. The van der Waals surface area contributed by atoms with Gasteiger partial charge in [-0.15, -0.1) is 0 Å². The Morgan fingerprint density at radius 2 is 1.88 bits per heavy atom. The van der Waals surface area contributed by atoms with E-state index in [9.17, 15) is 9.90 Å². The standard InChI is InChI=1S/C18H13Br2NO3/c1-10-12(18(23)24-9-11-5-3-2-4-6-11)7-13-14(19)8-15(20)17(22)16(13)21-10/h2-8,22H,9H2,1H3. The molecule has 24 heavy (non-hydrogen) atoms. The number of fused-ring (bicyclic) bond motifs is 1. The Kier molecular flexibility index (Phi) is 4.87. The first kappa shape index (κ1) is 16.9.